The molecule has 1 amide bonds. The molecule has 3 rings (SSSR count). The lowest BCUT2D eigenvalue weighted by Gasteiger charge is -2.16. The van der Waals surface area contributed by atoms with Gasteiger partial charge in [0.1, 0.15) is 0 Å². The Morgan fingerprint density at radius 3 is 3.05 bits per heavy atom. The Balaban J connectivity index is 1.73. The number of amides is 1. The molecule has 6 nitrogen and oxygen atoms in total. The van der Waals surface area contributed by atoms with Crippen LogP contribution in [0.4, 0.5) is 0 Å². The van der Waals surface area contributed by atoms with Crippen LogP contribution in [0.2, 0.25) is 0 Å². The summed E-state index contributed by atoms with van der Waals surface area (Å²) in [5.41, 5.74) is 10.2. The second kappa shape index (κ2) is 5.81. The molecule has 1 fully saturated rings. The number of carbonyl (C=O) groups is 1. The number of nitrogens with zero attached hydrogens (tertiary/aromatic N) is 5. The van der Waals surface area contributed by atoms with E-state index in [0.717, 1.165) is 16.6 Å². The minimum absolute atomic E-state index is 0.100. The molecule has 1 aliphatic heterocycles. The highest BCUT2D eigenvalue weighted by Crippen LogP contribution is 2.21. The van der Waals surface area contributed by atoms with Crippen molar-refractivity contribution in [2.24, 2.45) is 11.0 Å². The number of benzene rings is 1. The van der Waals surface area contributed by atoms with Gasteiger partial charge in [-0.05, 0) is 23.6 Å². The van der Waals surface area contributed by atoms with Crippen LogP contribution in [0, 0.1) is 5.92 Å². The first-order valence-electron chi connectivity index (χ1n) is 6.89. The van der Waals surface area contributed by atoms with Crippen molar-refractivity contribution >= 4 is 16.8 Å². The number of aromatic nitrogens is 1. The summed E-state index contributed by atoms with van der Waals surface area (Å²) in [5.74, 6) is 0.219. The van der Waals surface area contributed by atoms with Gasteiger partial charge in [0.25, 0.3) is 0 Å². The normalized spacial score (nSPS) is 18.0. The monoisotopic (exact) mass is 281 g/mol. The average molecular weight is 281 g/mol. The molecule has 0 aliphatic carbocycles. The Labute approximate surface area is 122 Å². The zero-order valence-corrected chi connectivity index (χ0v) is 11.5. The molecule has 1 atom stereocenters. The maximum Gasteiger partial charge on any atom is 0.223 e. The number of para-hydroxylation sites is 1. The molecular weight excluding hydrogens is 266 g/mol. The molecule has 2 heterocycles. The fourth-order valence-corrected chi connectivity index (χ4v) is 2.67. The second-order valence-electron chi connectivity index (χ2n) is 5.25. The van der Waals surface area contributed by atoms with Crippen molar-refractivity contribution in [3.63, 3.8) is 0 Å². The van der Waals surface area contributed by atoms with E-state index in [1.54, 1.807) is 4.90 Å². The predicted octanol–water partition coefficient (Wildman–Crippen LogP) is 2.89. The van der Waals surface area contributed by atoms with Gasteiger partial charge in [-0.25, -0.2) is 0 Å². The minimum atomic E-state index is 0.100. The highest BCUT2D eigenvalue weighted by Gasteiger charge is 2.29. The minimum Gasteiger partial charge on any atom is -0.336 e. The van der Waals surface area contributed by atoms with Crippen LogP contribution in [-0.4, -0.2) is 28.9 Å². The number of pyridine rings is 1. The van der Waals surface area contributed by atoms with Gasteiger partial charge >= 0.3 is 0 Å². The van der Waals surface area contributed by atoms with Gasteiger partial charge < -0.3 is 4.90 Å². The Kier molecular flexibility index (Phi) is 3.71. The molecule has 1 saturated heterocycles. The van der Waals surface area contributed by atoms with E-state index in [1.807, 2.05) is 36.4 Å². The summed E-state index contributed by atoms with van der Waals surface area (Å²) in [6.45, 7) is 1.52. The Morgan fingerprint density at radius 1 is 1.33 bits per heavy atom. The van der Waals surface area contributed by atoms with Crippen molar-refractivity contribution < 1.29 is 4.79 Å². The van der Waals surface area contributed by atoms with Gasteiger partial charge in [0.2, 0.25) is 5.91 Å². The maximum atomic E-state index is 12.0. The second-order valence-corrected chi connectivity index (χ2v) is 5.25. The van der Waals surface area contributed by atoms with E-state index in [4.69, 9.17) is 5.53 Å². The SMILES string of the molecule is [N-]=[N+]=NCC1CC(=O)N(Cc2ccc3ccccc3n2)C1. The van der Waals surface area contributed by atoms with Crippen molar-refractivity contribution in [1.29, 1.82) is 0 Å². The van der Waals surface area contributed by atoms with Gasteiger partial charge in [0.15, 0.2) is 0 Å². The van der Waals surface area contributed by atoms with Crippen LogP contribution in [0.1, 0.15) is 12.1 Å². The fraction of sp³-hybridized carbons (Fsp3) is 0.333. The smallest absolute Gasteiger partial charge is 0.223 e. The number of azide groups is 1. The summed E-state index contributed by atoms with van der Waals surface area (Å²) in [6, 6.07) is 11.9. The summed E-state index contributed by atoms with van der Waals surface area (Å²) in [5, 5.41) is 4.65. The molecule has 0 radical (unpaired) electrons. The van der Waals surface area contributed by atoms with E-state index in [1.165, 1.54) is 0 Å². The number of fused-ring (bicyclic) bond motifs is 1. The molecule has 2 aromatic rings. The summed E-state index contributed by atoms with van der Waals surface area (Å²) < 4.78 is 0. The van der Waals surface area contributed by atoms with Crippen LogP contribution in [0.5, 0.6) is 0 Å². The first kappa shape index (κ1) is 13.4. The quantitative estimate of drug-likeness (QED) is 0.490. The summed E-state index contributed by atoms with van der Waals surface area (Å²) in [6.07, 6.45) is 0.451. The molecule has 6 heteroatoms. The molecule has 1 aromatic heterocycles. The molecule has 0 saturated carbocycles. The number of hydrogen-bond acceptors (Lipinski definition) is 3. The molecule has 1 aliphatic rings. The lowest BCUT2D eigenvalue weighted by Crippen LogP contribution is -2.25. The lowest BCUT2D eigenvalue weighted by atomic mass is 10.1. The number of hydrogen-bond donors (Lipinski definition) is 0. The van der Waals surface area contributed by atoms with Crippen molar-refractivity contribution in [2.75, 3.05) is 13.1 Å². The van der Waals surface area contributed by atoms with Crippen LogP contribution in [0.3, 0.4) is 0 Å². The maximum absolute atomic E-state index is 12.0. The van der Waals surface area contributed by atoms with E-state index >= 15 is 0 Å². The largest absolute Gasteiger partial charge is 0.336 e. The number of rotatable bonds is 4. The first-order chi connectivity index (χ1) is 10.3. The fourth-order valence-electron chi connectivity index (χ4n) is 2.67. The third-order valence-corrected chi connectivity index (χ3v) is 3.71. The van der Waals surface area contributed by atoms with E-state index in [9.17, 15) is 4.79 Å². The van der Waals surface area contributed by atoms with Crippen molar-refractivity contribution in [3.8, 4) is 0 Å². The molecule has 21 heavy (non-hydrogen) atoms. The Bertz CT molecular complexity index is 723. The van der Waals surface area contributed by atoms with Gasteiger partial charge in [0, 0.05) is 29.8 Å². The summed E-state index contributed by atoms with van der Waals surface area (Å²) >= 11 is 0. The van der Waals surface area contributed by atoms with Crippen LogP contribution in [-0.2, 0) is 11.3 Å². The lowest BCUT2D eigenvalue weighted by molar-refractivity contribution is -0.128. The van der Waals surface area contributed by atoms with E-state index in [0.29, 0.717) is 26.1 Å². The van der Waals surface area contributed by atoms with E-state index in [-0.39, 0.29) is 11.8 Å². The van der Waals surface area contributed by atoms with Crippen LogP contribution in [0.25, 0.3) is 21.3 Å². The number of carbonyl (C=O) groups excluding carboxylic acids is 1. The van der Waals surface area contributed by atoms with Crippen LogP contribution in [0.15, 0.2) is 41.5 Å². The zero-order chi connectivity index (χ0) is 14.7. The van der Waals surface area contributed by atoms with Crippen LogP contribution < -0.4 is 0 Å². The molecular formula is C15H15N5O. The highest BCUT2D eigenvalue weighted by molar-refractivity contribution is 5.80. The van der Waals surface area contributed by atoms with Crippen molar-refractivity contribution in [3.05, 3.63) is 52.5 Å². The van der Waals surface area contributed by atoms with Gasteiger partial charge in [-0.1, -0.05) is 29.4 Å². The van der Waals surface area contributed by atoms with Gasteiger partial charge in [-0.15, -0.1) is 0 Å². The molecule has 1 unspecified atom stereocenters. The van der Waals surface area contributed by atoms with Gasteiger partial charge in [0.05, 0.1) is 17.8 Å². The number of likely N-dealkylation sites (tertiary alicyclic amines) is 1. The van der Waals surface area contributed by atoms with Crippen molar-refractivity contribution in [1.82, 2.24) is 9.88 Å². The molecule has 1 aromatic carbocycles. The topological polar surface area (TPSA) is 82.0 Å². The van der Waals surface area contributed by atoms with Gasteiger partial charge in [-0.3, -0.25) is 9.78 Å². The standard InChI is InChI=1S/C15H15N5O/c16-19-17-8-11-7-15(21)20(9-11)10-13-6-5-12-3-1-2-4-14(12)18-13/h1-6,11H,7-10H2. The Morgan fingerprint density at radius 2 is 2.19 bits per heavy atom. The summed E-state index contributed by atoms with van der Waals surface area (Å²) in [4.78, 5) is 21.1. The van der Waals surface area contributed by atoms with Gasteiger partial charge in [-0.2, -0.15) is 0 Å². The molecule has 106 valence electrons. The van der Waals surface area contributed by atoms with E-state index < -0.39 is 0 Å². The average Bonchev–Trinajstić information content (AvgIpc) is 2.85. The van der Waals surface area contributed by atoms with Crippen LogP contribution >= 0.6 is 0 Å². The first-order valence-corrected chi connectivity index (χ1v) is 6.89. The predicted molar refractivity (Wildman–Crippen MR) is 79.3 cm³/mol. The highest BCUT2D eigenvalue weighted by atomic mass is 16.2. The third-order valence-electron chi connectivity index (χ3n) is 3.71. The van der Waals surface area contributed by atoms with Crippen molar-refractivity contribution in [2.45, 2.75) is 13.0 Å². The zero-order valence-electron chi connectivity index (χ0n) is 11.5. The third kappa shape index (κ3) is 2.95. The summed E-state index contributed by atoms with van der Waals surface area (Å²) in [7, 11) is 0. The van der Waals surface area contributed by atoms with E-state index in [2.05, 4.69) is 15.0 Å². The Hall–Kier alpha value is -2.59. The molecule has 0 spiro atoms. The molecule has 0 N–H and O–H groups in total. The molecule has 0 bridgehead atoms.